The van der Waals surface area contributed by atoms with E-state index in [9.17, 15) is 28.2 Å². The van der Waals surface area contributed by atoms with Crippen LogP contribution in [0.4, 0.5) is 5.69 Å². The molecule has 40 heavy (non-hydrogen) atoms. The number of phenols is 1. The zero-order valence-electron chi connectivity index (χ0n) is 22.4. The second-order valence-electron chi connectivity index (χ2n) is 10.2. The number of carbonyl (C=O) groups excluding carboxylic acids is 1. The van der Waals surface area contributed by atoms with E-state index < -0.39 is 27.7 Å². The third kappa shape index (κ3) is 7.75. The second kappa shape index (κ2) is 12.4. The number of phenolic OH excluding ortho intramolecular Hbond substituents is 1. The fourth-order valence-electron chi connectivity index (χ4n) is 4.61. The summed E-state index contributed by atoms with van der Waals surface area (Å²) < 4.78 is 37.1. The van der Waals surface area contributed by atoms with Crippen LogP contribution in [0, 0.1) is 5.92 Å². The van der Waals surface area contributed by atoms with Crippen molar-refractivity contribution >= 4 is 27.5 Å². The lowest BCUT2D eigenvalue weighted by Gasteiger charge is -2.16. The van der Waals surface area contributed by atoms with Crippen molar-refractivity contribution in [3.63, 3.8) is 0 Å². The fraction of sp³-hybridized carbons (Fsp3) is 0.333. The van der Waals surface area contributed by atoms with Gasteiger partial charge >= 0.3 is 5.97 Å². The number of aliphatic carboxylic acids is 1. The molecular formula is C30H33NO8S. The zero-order valence-corrected chi connectivity index (χ0v) is 23.2. The molecule has 0 spiro atoms. The number of ether oxygens (including phenoxy) is 2. The Labute approximate surface area is 233 Å². The molecule has 0 aliphatic heterocycles. The predicted octanol–water partition coefficient (Wildman–Crippen LogP) is 5.16. The first-order valence-corrected chi connectivity index (χ1v) is 15.0. The van der Waals surface area contributed by atoms with Gasteiger partial charge in [0.25, 0.3) is 0 Å². The quantitative estimate of drug-likeness (QED) is 0.255. The summed E-state index contributed by atoms with van der Waals surface area (Å²) in [5, 5.41) is 20.1. The molecule has 3 aromatic rings. The van der Waals surface area contributed by atoms with Gasteiger partial charge < -0.3 is 19.7 Å². The Morgan fingerprint density at radius 2 is 1.73 bits per heavy atom. The summed E-state index contributed by atoms with van der Waals surface area (Å²) in [6.45, 7) is 1.72. The Bertz CT molecular complexity index is 1480. The average Bonchev–Trinajstić information content (AvgIpc) is 3.40. The Hall–Kier alpha value is -4.05. The molecule has 0 amide bonds. The molecule has 4 rings (SSSR count). The van der Waals surface area contributed by atoms with E-state index in [1.54, 1.807) is 55.5 Å². The van der Waals surface area contributed by atoms with Gasteiger partial charge in [-0.05, 0) is 85.7 Å². The molecule has 0 saturated heterocycles. The first kappa shape index (κ1) is 28.9. The highest BCUT2D eigenvalue weighted by Crippen LogP contribution is 2.31. The molecule has 0 bridgehead atoms. The lowest BCUT2D eigenvalue weighted by atomic mass is 9.95. The summed E-state index contributed by atoms with van der Waals surface area (Å²) in [5.41, 5.74) is 2.13. The second-order valence-corrected chi connectivity index (χ2v) is 11.9. The predicted molar refractivity (Wildman–Crippen MR) is 151 cm³/mol. The molecule has 1 aliphatic carbocycles. The molecule has 0 heterocycles. The van der Waals surface area contributed by atoms with Crippen LogP contribution >= 0.6 is 0 Å². The highest BCUT2D eigenvalue weighted by atomic mass is 32.2. The van der Waals surface area contributed by atoms with Gasteiger partial charge in [0.1, 0.15) is 23.9 Å². The van der Waals surface area contributed by atoms with E-state index in [1.807, 2.05) is 0 Å². The molecule has 212 valence electrons. The third-order valence-corrected chi connectivity index (χ3v) is 7.35. The summed E-state index contributed by atoms with van der Waals surface area (Å²) in [6, 6.07) is 16.1. The van der Waals surface area contributed by atoms with E-state index >= 15 is 0 Å². The molecule has 1 saturated carbocycles. The average molecular weight is 568 g/mol. The van der Waals surface area contributed by atoms with Crippen LogP contribution in [-0.2, 0) is 27.8 Å². The van der Waals surface area contributed by atoms with Crippen molar-refractivity contribution in [3.05, 3.63) is 82.9 Å². The summed E-state index contributed by atoms with van der Waals surface area (Å²) >= 11 is 0. The highest BCUT2D eigenvalue weighted by molar-refractivity contribution is 7.92. The van der Waals surface area contributed by atoms with Gasteiger partial charge in [-0.25, -0.2) is 8.42 Å². The van der Waals surface area contributed by atoms with E-state index in [-0.39, 0.29) is 36.0 Å². The molecule has 3 aromatic carbocycles. The van der Waals surface area contributed by atoms with Gasteiger partial charge in [0.2, 0.25) is 10.0 Å². The van der Waals surface area contributed by atoms with Crippen molar-refractivity contribution in [2.24, 2.45) is 5.92 Å². The summed E-state index contributed by atoms with van der Waals surface area (Å²) in [6.07, 6.45) is 5.49. The van der Waals surface area contributed by atoms with Gasteiger partial charge in [0, 0.05) is 17.3 Å². The zero-order chi connectivity index (χ0) is 28.9. The smallest absolute Gasteiger partial charge is 0.306 e. The molecule has 0 aromatic heterocycles. The van der Waals surface area contributed by atoms with Gasteiger partial charge in [-0.2, -0.15) is 0 Å². The number of aromatic hydroxyl groups is 1. The van der Waals surface area contributed by atoms with E-state index in [0.717, 1.165) is 37.5 Å². The minimum atomic E-state index is -3.39. The van der Waals surface area contributed by atoms with Crippen molar-refractivity contribution in [2.45, 2.75) is 51.7 Å². The van der Waals surface area contributed by atoms with Crippen LogP contribution in [-0.4, -0.2) is 42.7 Å². The molecule has 0 radical (unpaired) electrons. The van der Waals surface area contributed by atoms with Crippen molar-refractivity contribution in [1.29, 1.82) is 0 Å². The van der Waals surface area contributed by atoms with E-state index in [4.69, 9.17) is 9.47 Å². The molecule has 3 N–H and O–H groups in total. The standard InChI is InChI=1S/C30H33NO8S/c1-19(30(34)35)15-22-16-21(29(33)26-13-12-25(17-27(26)32)39-24-5-3-4-6-24)9-14-28(22)38-18-20-7-10-23(11-8-20)31-40(2,36)37/h7-14,16-17,19,24,31-32H,3-6,15,18H2,1-2H3,(H,34,35). The maximum atomic E-state index is 13.3. The van der Waals surface area contributed by atoms with Crippen molar-refractivity contribution in [1.82, 2.24) is 0 Å². The molecule has 10 heteroatoms. The number of benzene rings is 3. The fourth-order valence-corrected chi connectivity index (χ4v) is 5.18. The number of carboxylic acids is 1. The Kier molecular flexibility index (Phi) is 8.99. The molecule has 1 aliphatic rings. The lowest BCUT2D eigenvalue weighted by molar-refractivity contribution is -0.141. The monoisotopic (exact) mass is 567 g/mol. The summed E-state index contributed by atoms with van der Waals surface area (Å²) in [4.78, 5) is 24.9. The van der Waals surface area contributed by atoms with Crippen LogP contribution in [0.15, 0.2) is 60.7 Å². The minimum Gasteiger partial charge on any atom is -0.507 e. The van der Waals surface area contributed by atoms with Gasteiger partial charge in [0.15, 0.2) is 5.78 Å². The van der Waals surface area contributed by atoms with E-state index in [2.05, 4.69) is 4.72 Å². The summed E-state index contributed by atoms with van der Waals surface area (Å²) in [7, 11) is -3.39. The van der Waals surface area contributed by atoms with E-state index in [1.165, 1.54) is 12.1 Å². The van der Waals surface area contributed by atoms with Crippen molar-refractivity contribution < 1.29 is 37.7 Å². The number of hydrogen-bond acceptors (Lipinski definition) is 7. The highest BCUT2D eigenvalue weighted by Gasteiger charge is 2.21. The van der Waals surface area contributed by atoms with Crippen molar-refractivity contribution in [2.75, 3.05) is 11.0 Å². The SMILES string of the molecule is CC(Cc1cc(C(=O)c2ccc(OC3CCCC3)cc2O)ccc1OCc1ccc(NS(C)(=O)=O)cc1)C(=O)O. The van der Waals surface area contributed by atoms with Crippen molar-refractivity contribution in [3.8, 4) is 17.2 Å². The maximum absolute atomic E-state index is 13.3. The maximum Gasteiger partial charge on any atom is 0.306 e. The van der Waals surface area contributed by atoms with Crippen LogP contribution in [0.25, 0.3) is 0 Å². The van der Waals surface area contributed by atoms with Crippen LogP contribution in [0.3, 0.4) is 0 Å². The van der Waals surface area contributed by atoms with Gasteiger partial charge in [-0.15, -0.1) is 0 Å². The minimum absolute atomic E-state index is 0.118. The Morgan fingerprint density at radius 1 is 1.02 bits per heavy atom. The van der Waals surface area contributed by atoms with Crippen LogP contribution in [0.1, 0.15) is 59.7 Å². The molecular weight excluding hydrogens is 534 g/mol. The lowest BCUT2D eigenvalue weighted by Crippen LogP contribution is -2.14. The number of rotatable bonds is 12. The first-order valence-electron chi connectivity index (χ1n) is 13.1. The Morgan fingerprint density at radius 3 is 2.35 bits per heavy atom. The largest absolute Gasteiger partial charge is 0.507 e. The number of nitrogens with one attached hydrogen (secondary N) is 1. The number of hydrogen-bond donors (Lipinski definition) is 3. The van der Waals surface area contributed by atoms with Crippen LogP contribution in [0.2, 0.25) is 0 Å². The van der Waals surface area contributed by atoms with Gasteiger partial charge in [0.05, 0.1) is 23.8 Å². The number of carbonyl (C=O) groups is 2. The van der Waals surface area contributed by atoms with Crippen LogP contribution < -0.4 is 14.2 Å². The molecule has 9 nitrogen and oxygen atoms in total. The molecule has 1 fully saturated rings. The molecule has 1 atom stereocenters. The Balaban J connectivity index is 1.52. The van der Waals surface area contributed by atoms with Gasteiger partial charge in [-0.3, -0.25) is 14.3 Å². The van der Waals surface area contributed by atoms with Crippen LogP contribution in [0.5, 0.6) is 17.2 Å². The van der Waals surface area contributed by atoms with E-state index in [0.29, 0.717) is 22.7 Å². The number of ketones is 1. The normalized spacial score (nSPS) is 14.4. The third-order valence-electron chi connectivity index (χ3n) is 6.74. The number of carboxylic acid groups (broad SMARTS) is 1. The number of anilines is 1. The summed E-state index contributed by atoms with van der Waals surface area (Å²) in [5.74, 6) is -1.36. The topological polar surface area (TPSA) is 139 Å². The first-order chi connectivity index (χ1) is 19.0. The number of sulfonamides is 1. The van der Waals surface area contributed by atoms with Gasteiger partial charge in [-0.1, -0.05) is 19.1 Å². The molecule has 1 unspecified atom stereocenters.